The summed E-state index contributed by atoms with van der Waals surface area (Å²) >= 11 is 1.60. The van der Waals surface area contributed by atoms with Gasteiger partial charge >= 0.3 is 6.03 Å². The van der Waals surface area contributed by atoms with E-state index < -0.39 is 6.04 Å². The Morgan fingerprint density at radius 1 is 1.31 bits per heavy atom. The van der Waals surface area contributed by atoms with E-state index in [9.17, 15) is 14.4 Å². The van der Waals surface area contributed by atoms with Crippen LogP contribution in [0.2, 0.25) is 0 Å². The molecule has 0 unspecified atom stereocenters. The third kappa shape index (κ3) is 3.88. The van der Waals surface area contributed by atoms with Crippen LogP contribution in [0, 0.1) is 0 Å². The number of hydrogen-bond acceptors (Lipinski definition) is 4. The lowest BCUT2D eigenvalue weighted by atomic mass is 9.96. The average molecular weight is 410 g/mol. The van der Waals surface area contributed by atoms with Crippen molar-refractivity contribution in [2.75, 3.05) is 18.4 Å². The molecule has 2 aliphatic rings. The number of benzene rings is 1. The minimum Gasteiger partial charge on any atom is -0.335 e. The summed E-state index contributed by atoms with van der Waals surface area (Å²) in [5, 5.41) is 12.5. The summed E-state index contributed by atoms with van der Waals surface area (Å²) in [6.45, 7) is 4.34. The van der Waals surface area contributed by atoms with E-state index in [0.717, 1.165) is 11.1 Å². The van der Waals surface area contributed by atoms with Crippen LogP contribution in [0.25, 0.3) is 11.1 Å². The van der Waals surface area contributed by atoms with Crippen molar-refractivity contribution < 1.29 is 14.4 Å². The highest BCUT2D eigenvalue weighted by Crippen LogP contribution is 2.32. The van der Waals surface area contributed by atoms with Crippen molar-refractivity contribution in [2.24, 2.45) is 0 Å². The summed E-state index contributed by atoms with van der Waals surface area (Å²) in [7, 11) is 0. The lowest BCUT2D eigenvalue weighted by molar-refractivity contribution is -0.121. The van der Waals surface area contributed by atoms with Gasteiger partial charge in [0.2, 0.25) is 5.91 Å². The molecule has 0 saturated carbocycles. The SMILES string of the molecule is C=CCNC(=O)N[C@@H]1CCN2C(=O)c3cc(-c4ccsc4)ccc3NC(=O)[C@@H]2C1. The van der Waals surface area contributed by atoms with Crippen molar-refractivity contribution >= 4 is 34.9 Å². The fraction of sp³-hybridized carbons (Fsp3) is 0.286. The molecule has 2 atom stereocenters. The molecule has 3 heterocycles. The van der Waals surface area contributed by atoms with Crippen molar-refractivity contribution in [1.82, 2.24) is 15.5 Å². The number of hydrogen-bond donors (Lipinski definition) is 3. The third-order valence-corrected chi connectivity index (χ3v) is 5.95. The van der Waals surface area contributed by atoms with Crippen LogP contribution in [-0.4, -0.2) is 47.9 Å². The molecule has 0 aliphatic carbocycles. The highest BCUT2D eigenvalue weighted by atomic mass is 32.1. The highest BCUT2D eigenvalue weighted by molar-refractivity contribution is 7.08. The van der Waals surface area contributed by atoms with Crippen LogP contribution in [0.4, 0.5) is 10.5 Å². The number of amides is 4. The van der Waals surface area contributed by atoms with Gasteiger partial charge in [0.1, 0.15) is 6.04 Å². The highest BCUT2D eigenvalue weighted by Gasteiger charge is 2.40. The van der Waals surface area contributed by atoms with Crippen molar-refractivity contribution in [3.63, 3.8) is 0 Å². The average Bonchev–Trinajstić information content (AvgIpc) is 3.24. The molecule has 0 bridgehead atoms. The zero-order valence-electron chi connectivity index (χ0n) is 15.8. The molecule has 29 heavy (non-hydrogen) atoms. The maximum absolute atomic E-state index is 13.2. The van der Waals surface area contributed by atoms with E-state index in [2.05, 4.69) is 22.5 Å². The van der Waals surface area contributed by atoms with Gasteiger partial charge < -0.3 is 20.9 Å². The van der Waals surface area contributed by atoms with E-state index in [1.807, 2.05) is 29.0 Å². The van der Waals surface area contributed by atoms with Gasteiger partial charge in [-0.2, -0.15) is 11.3 Å². The first-order chi connectivity index (χ1) is 14.1. The second-order valence-electron chi connectivity index (χ2n) is 7.14. The van der Waals surface area contributed by atoms with Crippen LogP contribution in [-0.2, 0) is 4.79 Å². The van der Waals surface area contributed by atoms with E-state index in [1.54, 1.807) is 28.4 Å². The van der Waals surface area contributed by atoms with Crippen molar-refractivity contribution in [2.45, 2.75) is 24.9 Å². The number of thiophene rings is 1. The fourth-order valence-electron chi connectivity index (χ4n) is 3.80. The van der Waals surface area contributed by atoms with Gasteiger partial charge in [-0.05, 0) is 52.9 Å². The van der Waals surface area contributed by atoms with Gasteiger partial charge in [-0.15, -0.1) is 6.58 Å². The minimum atomic E-state index is -0.613. The number of nitrogens with one attached hydrogen (secondary N) is 3. The number of piperidine rings is 1. The maximum atomic E-state index is 13.2. The van der Waals surface area contributed by atoms with Gasteiger partial charge in [0.05, 0.1) is 11.3 Å². The van der Waals surface area contributed by atoms with Gasteiger partial charge in [-0.3, -0.25) is 9.59 Å². The fourth-order valence-corrected chi connectivity index (χ4v) is 4.46. The smallest absolute Gasteiger partial charge is 0.315 e. The Morgan fingerprint density at radius 3 is 2.93 bits per heavy atom. The van der Waals surface area contributed by atoms with Gasteiger partial charge in [-0.1, -0.05) is 12.1 Å². The summed E-state index contributed by atoms with van der Waals surface area (Å²) in [6, 6.07) is 6.45. The topological polar surface area (TPSA) is 90.5 Å². The summed E-state index contributed by atoms with van der Waals surface area (Å²) < 4.78 is 0. The number of urea groups is 1. The molecule has 2 aromatic rings. The summed E-state index contributed by atoms with van der Waals surface area (Å²) in [5.74, 6) is -0.381. The number of carbonyl (C=O) groups is 3. The standard InChI is InChI=1S/C21H22N4O3S/c1-2-7-22-21(28)23-15-5-8-25-18(11-15)19(26)24-17-4-3-13(10-16(17)20(25)27)14-6-9-29-12-14/h2-4,6,9-10,12,15,18H,1,5,7-8,11H2,(H,24,26)(H2,22,23,28)/t15-,18+/m1/s1. The first-order valence-corrected chi connectivity index (χ1v) is 10.4. The molecule has 3 N–H and O–H groups in total. The Labute approximate surface area is 172 Å². The second-order valence-corrected chi connectivity index (χ2v) is 7.92. The van der Waals surface area contributed by atoms with E-state index in [0.29, 0.717) is 37.2 Å². The molecule has 8 heteroatoms. The molecule has 2 aliphatic heterocycles. The van der Waals surface area contributed by atoms with Crippen molar-refractivity contribution in [1.29, 1.82) is 0 Å². The Morgan fingerprint density at radius 2 is 2.17 bits per heavy atom. The van der Waals surface area contributed by atoms with E-state index in [1.165, 1.54) is 0 Å². The van der Waals surface area contributed by atoms with Crippen LogP contribution in [0.15, 0.2) is 47.7 Å². The molecule has 150 valence electrons. The molecule has 7 nitrogen and oxygen atoms in total. The van der Waals surface area contributed by atoms with Gasteiger partial charge in [0, 0.05) is 19.1 Å². The van der Waals surface area contributed by atoms with Crippen LogP contribution in [0.3, 0.4) is 0 Å². The monoisotopic (exact) mass is 410 g/mol. The number of carbonyl (C=O) groups excluding carboxylic acids is 3. The zero-order valence-corrected chi connectivity index (χ0v) is 16.6. The second kappa shape index (κ2) is 8.08. The largest absolute Gasteiger partial charge is 0.335 e. The minimum absolute atomic E-state index is 0.157. The first-order valence-electron chi connectivity index (χ1n) is 9.50. The summed E-state index contributed by atoms with van der Waals surface area (Å²) in [5.41, 5.74) is 3.02. The van der Waals surface area contributed by atoms with Crippen LogP contribution < -0.4 is 16.0 Å². The van der Waals surface area contributed by atoms with Crippen LogP contribution >= 0.6 is 11.3 Å². The number of fused-ring (bicyclic) bond motifs is 2. The molecule has 0 spiro atoms. The Bertz CT molecular complexity index is 957. The molecule has 0 radical (unpaired) electrons. The van der Waals surface area contributed by atoms with Crippen molar-refractivity contribution in [3.8, 4) is 11.1 Å². The number of nitrogens with zero attached hydrogens (tertiary/aromatic N) is 1. The number of rotatable bonds is 4. The Hall–Kier alpha value is -3.13. The molecule has 1 saturated heterocycles. The maximum Gasteiger partial charge on any atom is 0.315 e. The predicted molar refractivity (Wildman–Crippen MR) is 113 cm³/mol. The van der Waals surface area contributed by atoms with Gasteiger partial charge in [0.25, 0.3) is 5.91 Å². The molecule has 1 aromatic carbocycles. The molecule has 1 fully saturated rings. The normalized spacial score (nSPS) is 20.8. The summed E-state index contributed by atoms with van der Waals surface area (Å²) in [4.78, 5) is 39.6. The van der Waals surface area contributed by atoms with Gasteiger partial charge in [-0.25, -0.2) is 4.79 Å². The van der Waals surface area contributed by atoms with E-state index in [-0.39, 0.29) is 23.9 Å². The predicted octanol–water partition coefficient (Wildman–Crippen LogP) is 2.83. The third-order valence-electron chi connectivity index (χ3n) is 5.27. The number of anilines is 1. The zero-order chi connectivity index (χ0) is 20.4. The molecule has 4 amide bonds. The molecular formula is C21H22N4O3S. The first kappa shape index (κ1) is 19.2. The Kier molecular flexibility index (Phi) is 5.35. The Balaban J connectivity index is 1.54. The van der Waals surface area contributed by atoms with Crippen LogP contribution in [0.5, 0.6) is 0 Å². The van der Waals surface area contributed by atoms with E-state index in [4.69, 9.17) is 0 Å². The summed E-state index contributed by atoms with van der Waals surface area (Å²) in [6.07, 6.45) is 2.57. The van der Waals surface area contributed by atoms with E-state index >= 15 is 0 Å². The lowest BCUT2D eigenvalue weighted by Gasteiger charge is -2.37. The lowest BCUT2D eigenvalue weighted by Crippen LogP contribution is -2.56. The molecular weight excluding hydrogens is 388 g/mol. The van der Waals surface area contributed by atoms with Gasteiger partial charge in [0.15, 0.2) is 0 Å². The van der Waals surface area contributed by atoms with Crippen LogP contribution in [0.1, 0.15) is 23.2 Å². The van der Waals surface area contributed by atoms with Crippen molar-refractivity contribution in [3.05, 3.63) is 53.2 Å². The molecule has 4 rings (SSSR count). The molecule has 1 aromatic heterocycles. The quantitative estimate of drug-likeness (QED) is 0.677.